The third-order valence-electron chi connectivity index (χ3n) is 5.80. The summed E-state index contributed by atoms with van der Waals surface area (Å²) in [5.74, 6) is -1.48. The summed E-state index contributed by atoms with van der Waals surface area (Å²) in [7, 11) is 2.81. The molecule has 0 saturated heterocycles. The number of carbonyl (C=O) groups excluding carboxylic acids is 4. The van der Waals surface area contributed by atoms with E-state index in [2.05, 4.69) is 10.3 Å². The van der Waals surface area contributed by atoms with Gasteiger partial charge in [0.05, 0.1) is 48.6 Å². The molecule has 10 nitrogen and oxygen atoms in total. The second-order valence-electron chi connectivity index (χ2n) is 8.13. The van der Waals surface area contributed by atoms with E-state index in [1.54, 1.807) is 57.4 Å². The number of allylic oxidation sites excluding steroid dienone is 1. The molecule has 2 aliphatic heterocycles. The largest absolute Gasteiger partial charge is 0.497 e. The summed E-state index contributed by atoms with van der Waals surface area (Å²) >= 11 is 1.01. The molecule has 2 aromatic carbocycles. The van der Waals surface area contributed by atoms with Crippen LogP contribution in [0.3, 0.4) is 0 Å². The van der Waals surface area contributed by atoms with Crippen LogP contribution in [-0.2, 0) is 23.9 Å². The van der Waals surface area contributed by atoms with Crippen molar-refractivity contribution >= 4 is 46.4 Å². The van der Waals surface area contributed by atoms with Crippen molar-refractivity contribution in [3.8, 4) is 5.75 Å². The van der Waals surface area contributed by atoms with Crippen LogP contribution >= 0.6 is 11.8 Å². The second-order valence-corrected chi connectivity index (χ2v) is 9.14. The standard InChI is InChI=1S/C27H25N3O7S/c1-5-37-25(33)17-6-10-18(11-7-17)29-24(32)20-14-21(31)30-23(16-8-12-19(35-3)13-9-16)22(26(34)36-4)15(2)28-27(30)38-20/h6-14,23H,5H2,1-4H3,(H,29,32)/t23-/m1/s1. The van der Waals surface area contributed by atoms with Gasteiger partial charge in [-0.05, 0) is 67.6 Å². The SMILES string of the molecule is CCOC(=O)c1ccc(NC(=O)C2=CC(=O)N3C(=NC(C)=C(C(=O)OC)[C@H]3c3ccc(OC)cc3)S2)cc1. The maximum absolute atomic E-state index is 13.4. The first-order chi connectivity index (χ1) is 18.3. The zero-order valence-corrected chi connectivity index (χ0v) is 22.0. The lowest BCUT2D eigenvalue weighted by Crippen LogP contribution is -2.45. The first kappa shape index (κ1) is 26.7. The highest BCUT2D eigenvalue weighted by atomic mass is 32.2. The van der Waals surface area contributed by atoms with Crippen LogP contribution in [0, 0.1) is 0 Å². The molecule has 2 aromatic rings. The molecule has 1 atom stereocenters. The zero-order valence-electron chi connectivity index (χ0n) is 21.1. The van der Waals surface area contributed by atoms with Crippen molar-refractivity contribution in [2.75, 3.05) is 26.1 Å². The number of amides is 2. The maximum atomic E-state index is 13.4. The molecule has 2 aliphatic rings. The summed E-state index contributed by atoms with van der Waals surface area (Å²) in [6, 6.07) is 12.4. The summed E-state index contributed by atoms with van der Waals surface area (Å²) in [5.41, 5.74) is 2.03. The Bertz CT molecular complexity index is 1380. The Balaban J connectivity index is 1.62. The van der Waals surface area contributed by atoms with Crippen molar-refractivity contribution in [1.29, 1.82) is 0 Å². The van der Waals surface area contributed by atoms with E-state index < -0.39 is 29.8 Å². The van der Waals surface area contributed by atoms with Crippen LogP contribution in [0.1, 0.15) is 35.8 Å². The first-order valence-corrected chi connectivity index (χ1v) is 12.4. The average molecular weight is 536 g/mol. The summed E-state index contributed by atoms with van der Waals surface area (Å²) in [6.45, 7) is 3.63. The van der Waals surface area contributed by atoms with E-state index in [0.717, 1.165) is 11.8 Å². The highest BCUT2D eigenvalue weighted by Crippen LogP contribution is 2.42. The van der Waals surface area contributed by atoms with Gasteiger partial charge in [-0.25, -0.2) is 14.6 Å². The van der Waals surface area contributed by atoms with E-state index in [-0.39, 0.29) is 22.3 Å². The van der Waals surface area contributed by atoms with Crippen LogP contribution in [0.15, 0.2) is 75.8 Å². The number of methoxy groups -OCH3 is 2. The molecule has 0 unspecified atom stereocenters. The van der Waals surface area contributed by atoms with Crippen molar-refractivity contribution in [2.24, 2.45) is 4.99 Å². The number of esters is 2. The third-order valence-corrected chi connectivity index (χ3v) is 6.79. The van der Waals surface area contributed by atoms with E-state index in [0.29, 0.717) is 28.3 Å². The lowest BCUT2D eigenvalue weighted by atomic mass is 9.94. The predicted molar refractivity (Wildman–Crippen MR) is 141 cm³/mol. The molecule has 38 heavy (non-hydrogen) atoms. The van der Waals surface area contributed by atoms with Crippen LogP contribution in [-0.4, -0.2) is 54.6 Å². The molecule has 0 fully saturated rings. The molecule has 0 radical (unpaired) electrons. The van der Waals surface area contributed by atoms with Gasteiger partial charge in [0.25, 0.3) is 11.8 Å². The number of aliphatic imine (C=N–C) groups is 1. The van der Waals surface area contributed by atoms with Gasteiger partial charge in [0.15, 0.2) is 5.17 Å². The average Bonchev–Trinajstić information content (AvgIpc) is 2.92. The van der Waals surface area contributed by atoms with Crippen LogP contribution in [0.2, 0.25) is 0 Å². The molecule has 0 aliphatic carbocycles. The van der Waals surface area contributed by atoms with Gasteiger partial charge >= 0.3 is 11.9 Å². The van der Waals surface area contributed by atoms with Gasteiger partial charge in [-0.1, -0.05) is 12.1 Å². The molecule has 1 N–H and O–H groups in total. The van der Waals surface area contributed by atoms with Gasteiger partial charge in [0.2, 0.25) is 0 Å². The number of amidine groups is 1. The number of ether oxygens (including phenoxy) is 3. The van der Waals surface area contributed by atoms with Crippen LogP contribution < -0.4 is 10.1 Å². The molecule has 2 heterocycles. The fourth-order valence-corrected chi connectivity index (χ4v) is 4.95. The Labute approximate surface area is 223 Å². The quantitative estimate of drug-likeness (QED) is 0.531. The van der Waals surface area contributed by atoms with Crippen LogP contribution in [0.5, 0.6) is 5.75 Å². The number of hydrogen-bond donors (Lipinski definition) is 1. The summed E-state index contributed by atoms with van der Waals surface area (Å²) in [5, 5.41) is 2.98. The van der Waals surface area contributed by atoms with Gasteiger partial charge in [-0.2, -0.15) is 0 Å². The summed E-state index contributed by atoms with van der Waals surface area (Å²) in [4.78, 5) is 56.9. The minimum atomic E-state index is -0.808. The molecule has 4 rings (SSSR count). The molecule has 196 valence electrons. The number of rotatable bonds is 7. The van der Waals surface area contributed by atoms with Gasteiger partial charge in [0, 0.05) is 11.8 Å². The maximum Gasteiger partial charge on any atom is 0.338 e. The number of nitrogens with one attached hydrogen (secondary N) is 1. The summed E-state index contributed by atoms with van der Waals surface area (Å²) < 4.78 is 15.2. The van der Waals surface area contributed by atoms with E-state index in [9.17, 15) is 19.2 Å². The fourth-order valence-electron chi connectivity index (χ4n) is 3.98. The van der Waals surface area contributed by atoms with E-state index in [1.165, 1.54) is 30.2 Å². The molecule has 2 amide bonds. The molecular weight excluding hydrogens is 510 g/mol. The van der Waals surface area contributed by atoms with Gasteiger partial charge in [-0.15, -0.1) is 0 Å². The van der Waals surface area contributed by atoms with Gasteiger partial charge in [-0.3, -0.25) is 14.5 Å². The van der Waals surface area contributed by atoms with Crippen molar-refractivity contribution in [2.45, 2.75) is 19.9 Å². The molecule has 0 bridgehead atoms. The third kappa shape index (κ3) is 5.32. The normalized spacial score (nSPS) is 16.7. The van der Waals surface area contributed by atoms with Gasteiger partial charge < -0.3 is 19.5 Å². The van der Waals surface area contributed by atoms with Crippen molar-refractivity contribution in [3.63, 3.8) is 0 Å². The Morgan fingerprint density at radius 1 is 1.03 bits per heavy atom. The zero-order chi connectivity index (χ0) is 27.4. The van der Waals surface area contributed by atoms with E-state index >= 15 is 0 Å². The predicted octanol–water partition coefficient (Wildman–Crippen LogP) is 3.83. The van der Waals surface area contributed by atoms with Crippen LogP contribution in [0.25, 0.3) is 0 Å². The topological polar surface area (TPSA) is 124 Å². The number of benzene rings is 2. The smallest absolute Gasteiger partial charge is 0.338 e. The minimum absolute atomic E-state index is 0.127. The molecule has 0 saturated carbocycles. The van der Waals surface area contributed by atoms with Crippen molar-refractivity contribution < 1.29 is 33.4 Å². The number of fused-ring (bicyclic) bond motifs is 1. The Morgan fingerprint density at radius 3 is 2.32 bits per heavy atom. The highest BCUT2D eigenvalue weighted by molar-refractivity contribution is 8.18. The number of anilines is 1. The number of thioether (sulfide) groups is 1. The van der Waals surface area contributed by atoms with Gasteiger partial charge in [0.1, 0.15) is 5.75 Å². The highest BCUT2D eigenvalue weighted by Gasteiger charge is 2.42. The molecule has 0 aromatic heterocycles. The number of carbonyl (C=O) groups is 4. The van der Waals surface area contributed by atoms with Crippen molar-refractivity contribution in [1.82, 2.24) is 4.90 Å². The fraction of sp³-hybridized carbons (Fsp3) is 0.222. The Hall–Kier alpha value is -4.38. The van der Waals surface area contributed by atoms with E-state index in [4.69, 9.17) is 14.2 Å². The molecule has 11 heteroatoms. The first-order valence-electron chi connectivity index (χ1n) is 11.6. The van der Waals surface area contributed by atoms with Crippen LogP contribution in [0.4, 0.5) is 5.69 Å². The minimum Gasteiger partial charge on any atom is -0.497 e. The summed E-state index contributed by atoms with van der Waals surface area (Å²) in [6.07, 6.45) is 1.21. The second kappa shape index (κ2) is 11.3. The van der Waals surface area contributed by atoms with Crippen molar-refractivity contribution in [3.05, 3.63) is 81.9 Å². The monoisotopic (exact) mass is 535 g/mol. The Kier molecular flexibility index (Phi) is 7.96. The van der Waals surface area contributed by atoms with E-state index in [1.807, 2.05) is 0 Å². The number of hydrogen-bond acceptors (Lipinski definition) is 9. The number of nitrogens with zero attached hydrogens (tertiary/aromatic N) is 2. The Morgan fingerprint density at radius 2 is 1.71 bits per heavy atom. The lowest BCUT2D eigenvalue weighted by Gasteiger charge is -2.38. The molecule has 0 spiro atoms. The lowest BCUT2D eigenvalue weighted by molar-refractivity contribution is -0.137. The molecular formula is C27H25N3O7S.